The Kier molecular flexibility index (Phi) is 6.74. The summed E-state index contributed by atoms with van der Waals surface area (Å²) in [5.41, 5.74) is 5.76. The standard InChI is InChI=1S/C22H24ClNS.ClH/c1-2-3-12-24-13-10-16(11-14-24)22-18-6-4-5-7-20(18)25-21-9-8-17(23)15-19(21)22;/h4-9,15H,2-3,10-14H2,1H3;1H. The molecule has 0 unspecified atom stereocenters. The van der Waals surface area contributed by atoms with E-state index in [1.54, 1.807) is 5.57 Å². The van der Waals surface area contributed by atoms with E-state index in [1.165, 1.54) is 71.8 Å². The third kappa shape index (κ3) is 3.99. The molecule has 0 aromatic heterocycles. The summed E-state index contributed by atoms with van der Waals surface area (Å²) in [6.45, 7) is 5.89. The SMILES string of the molecule is CCCCN1CCC(=C2c3ccccc3Sc3ccc(Cl)cc32)CC1.Cl. The van der Waals surface area contributed by atoms with Gasteiger partial charge in [-0.25, -0.2) is 0 Å². The van der Waals surface area contributed by atoms with Gasteiger partial charge in [0.1, 0.15) is 0 Å². The van der Waals surface area contributed by atoms with Crippen molar-refractivity contribution in [3.8, 4) is 0 Å². The van der Waals surface area contributed by atoms with Gasteiger partial charge in [-0.2, -0.15) is 0 Å². The maximum Gasteiger partial charge on any atom is 0.0412 e. The van der Waals surface area contributed by atoms with Gasteiger partial charge < -0.3 is 4.90 Å². The molecular formula is C22H25Cl2NS. The van der Waals surface area contributed by atoms with Gasteiger partial charge in [0.15, 0.2) is 0 Å². The van der Waals surface area contributed by atoms with Crippen molar-refractivity contribution >= 4 is 41.3 Å². The summed E-state index contributed by atoms with van der Waals surface area (Å²) in [5, 5.41) is 0.831. The van der Waals surface area contributed by atoms with Gasteiger partial charge in [0.25, 0.3) is 0 Å². The van der Waals surface area contributed by atoms with Crippen LogP contribution >= 0.6 is 35.8 Å². The number of benzene rings is 2. The van der Waals surface area contributed by atoms with Crippen molar-refractivity contribution in [1.29, 1.82) is 0 Å². The van der Waals surface area contributed by atoms with E-state index < -0.39 is 0 Å². The van der Waals surface area contributed by atoms with Crippen LogP contribution in [0.1, 0.15) is 43.7 Å². The summed E-state index contributed by atoms with van der Waals surface area (Å²) in [6, 6.07) is 15.2. The van der Waals surface area contributed by atoms with Crippen molar-refractivity contribution in [3.05, 3.63) is 64.2 Å². The van der Waals surface area contributed by atoms with Crippen LogP contribution in [0.2, 0.25) is 5.02 Å². The van der Waals surface area contributed by atoms with Crippen LogP contribution in [0.25, 0.3) is 5.57 Å². The molecule has 2 heterocycles. The van der Waals surface area contributed by atoms with Gasteiger partial charge in [0.05, 0.1) is 0 Å². The van der Waals surface area contributed by atoms with E-state index in [4.69, 9.17) is 11.6 Å². The van der Waals surface area contributed by atoms with Crippen molar-refractivity contribution in [1.82, 2.24) is 4.90 Å². The Morgan fingerprint density at radius 3 is 2.50 bits per heavy atom. The fourth-order valence-electron chi connectivity index (χ4n) is 3.87. The van der Waals surface area contributed by atoms with Crippen LogP contribution in [0, 0.1) is 0 Å². The fraction of sp³-hybridized carbons (Fsp3) is 0.364. The zero-order chi connectivity index (χ0) is 17.2. The Bertz CT molecular complexity index is 806. The molecule has 0 atom stereocenters. The Morgan fingerprint density at radius 2 is 1.73 bits per heavy atom. The van der Waals surface area contributed by atoms with Crippen LogP contribution in [0.5, 0.6) is 0 Å². The van der Waals surface area contributed by atoms with Gasteiger partial charge >= 0.3 is 0 Å². The Hall–Kier alpha value is -0.930. The number of likely N-dealkylation sites (tertiary alicyclic amines) is 1. The molecule has 1 saturated heterocycles. The molecule has 4 rings (SSSR count). The molecule has 2 aromatic rings. The van der Waals surface area contributed by atoms with Crippen LogP contribution in [0.4, 0.5) is 0 Å². The predicted molar refractivity (Wildman–Crippen MR) is 116 cm³/mol. The number of hydrogen-bond acceptors (Lipinski definition) is 2. The van der Waals surface area contributed by atoms with E-state index in [2.05, 4.69) is 48.2 Å². The predicted octanol–water partition coefficient (Wildman–Crippen LogP) is 6.92. The van der Waals surface area contributed by atoms with Crippen LogP contribution in [0.15, 0.2) is 57.8 Å². The molecule has 26 heavy (non-hydrogen) atoms. The van der Waals surface area contributed by atoms with Crippen molar-refractivity contribution in [2.75, 3.05) is 19.6 Å². The maximum absolute atomic E-state index is 6.35. The van der Waals surface area contributed by atoms with Gasteiger partial charge in [0, 0.05) is 27.9 Å². The molecule has 4 heteroatoms. The van der Waals surface area contributed by atoms with Crippen LogP contribution in [-0.4, -0.2) is 24.5 Å². The monoisotopic (exact) mass is 405 g/mol. The lowest BCUT2D eigenvalue weighted by Gasteiger charge is -2.32. The largest absolute Gasteiger partial charge is 0.303 e. The van der Waals surface area contributed by atoms with Crippen LogP contribution in [0.3, 0.4) is 0 Å². The minimum absolute atomic E-state index is 0. The normalized spacial score (nSPS) is 16.7. The average Bonchev–Trinajstić information content (AvgIpc) is 2.65. The highest BCUT2D eigenvalue weighted by Gasteiger charge is 2.25. The highest BCUT2D eigenvalue weighted by Crippen LogP contribution is 2.48. The summed E-state index contributed by atoms with van der Waals surface area (Å²) in [6.07, 6.45) is 4.93. The highest BCUT2D eigenvalue weighted by atomic mass is 35.5. The summed E-state index contributed by atoms with van der Waals surface area (Å²) in [5.74, 6) is 0. The first-order valence-electron chi connectivity index (χ1n) is 9.28. The van der Waals surface area contributed by atoms with E-state index in [0.717, 1.165) is 5.02 Å². The second-order valence-electron chi connectivity index (χ2n) is 6.91. The molecule has 2 aliphatic rings. The molecule has 1 fully saturated rings. The third-order valence-corrected chi connectivity index (χ3v) is 6.62. The molecule has 0 spiro atoms. The van der Waals surface area contributed by atoms with Gasteiger partial charge in [-0.05, 0) is 66.8 Å². The number of piperidine rings is 1. The summed E-state index contributed by atoms with van der Waals surface area (Å²) < 4.78 is 0. The van der Waals surface area contributed by atoms with Crippen molar-refractivity contribution in [2.45, 2.75) is 42.4 Å². The van der Waals surface area contributed by atoms with E-state index in [9.17, 15) is 0 Å². The molecule has 2 aliphatic heterocycles. The lowest BCUT2D eigenvalue weighted by atomic mass is 9.88. The topological polar surface area (TPSA) is 3.24 Å². The third-order valence-electron chi connectivity index (χ3n) is 5.23. The lowest BCUT2D eigenvalue weighted by molar-refractivity contribution is 0.253. The summed E-state index contributed by atoms with van der Waals surface area (Å²) in [4.78, 5) is 5.32. The Labute approximate surface area is 172 Å². The first-order chi connectivity index (χ1) is 12.3. The zero-order valence-electron chi connectivity index (χ0n) is 15.1. The molecule has 0 amide bonds. The van der Waals surface area contributed by atoms with E-state index >= 15 is 0 Å². The first kappa shape index (κ1) is 19.8. The number of nitrogens with zero attached hydrogens (tertiary/aromatic N) is 1. The van der Waals surface area contributed by atoms with Gasteiger partial charge in [-0.15, -0.1) is 12.4 Å². The molecular weight excluding hydrogens is 381 g/mol. The molecule has 0 N–H and O–H groups in total. The highest BCUT2D eigenvalue weighted by molar-refractivity contribution is 7.99. The molecule has 2 aromatic carbocycles. The van der Waals surface area contributed by atoms with Gasteiger partial charge in [0.2, 0.25) is 0 Å². The van der Waals surface area contributed by atoms with Gasteiger partial charge in [-0.1, -0.05) is 60.5 Å². The molecule has 138 valence electrons. The van der Waals surface area contributed by atoms with E-state index in [1.807, 2.05) is 17.8 Å². The Morgan fingerprint density at radius 1 is 1.00 bits per heavy atom. The molecule has 0 aliphatic carbocycles. The minimum atomic E-state index is 0. The number of hydrogen-bond donors (Lipinski definition) is 0. The zero-order valence-corrected chi connectivity index (χ0v) is 17.5. The van der Waals surface area contributed by atoms with Crippen LogP contribution < -0.4 is 0 Å². The van der Waals surface area contributed by atoms with Crippen molar-refractivity contribution in [3.63, 3.8) is 0 Å². The number of rotatable bonds is 3. The molecule has 1 nitrogen and oxygen atoms in total. The molecule has 0 radical (unpaired) electrons. The fourth-order valence-corrected chi connectivity index (χ4v) is 5.11. The van der Waals surface area contributed by atoms with Crippen molar-refractivity contribution in [2.24, 2.45) is 0 Å². The quantitative estimate of drug-likeness (QED) is 0.464. The van der Waals surface area contributed by atoms with E-state index in [0.29, 0.717) is 0 Å². The average molecular weight is 406 g/mol. The maximum atomic E-state index is 6.35. The van der Waals surface area contributed by atoms with Crippen LogP contribution in [-0.2, 0) is 0 Å². The van der Waals surface area contributed by atoms with Gasteiger partial charge in [-0.3, -0.25) is 0 Å². The number of halogens is 2. The first-order valence-corrected chi connectivity index (χ1v) is 10.5. The lowest BCUT2D eigenvalue weighted by Crippen LogP contribution is -2.32. The summed E-state index contributed by atoms with van der Waals surface area (Å²) in [7, 11) is 0. The second kappa shape index (κ2) is 8.84. The minimum Gasteiger partial charge on any atom is -0.303 e. The second-order valence-corrected chi connectivity index (χ2v) is 8.43. The smallest absolute Gasteiger partial charge is 0.0412 e. The molecule has 0 saturated carbocycles. The number of fused-ring (bicyclic) bond motifs is 2. The number of unbranched alkanes of at least 4 members (excludes halogenated alkanes) is 1. The Balaban J connectivity index is 0.00000196. The molecule has 0 bridgehead atoms. The van der Waals surface area contributed by atoms with Crippen molar-refractivity contribution < 1.29 is 0 Å². The van der Waals surface area contributed by atoms with E-state index in [-0.39, 0.29) is 12.4 Å². The summed E-state index contributed by atoms with van der Waals surface area (Å²) >= 11 is 8.22.